The van der Waals surface area contributed by atoms with Crippen LogP contribution < -0.4 is 0 Å². The summed E-state index contributed by atoms with van der Waals surface area (Å²) in [6, 6.07) is 0. The van der Waals surface area contributed by atoms with Crippen LogP contribution in [0.25, 0.3) is 0 Å². The van der Waals surface area contributed by atoms with Gasteiger partial charge in [0.25, 0.3) is 0 Å². The third-order valence-corrected chi connectivity index (χ3v) is 1.63. The Kier molecular flexibility index (Phi) is 51.1. The van der Waals surface area contributed by atoms with Crippen molar-refractivity contribution in [2.45, 2.75) is 38.7 Å². The zero-order chi connectivity index (χ0) is 14.7. The van der Waals surface area contributed by atoms with E-state index in [9.17, 15) is 5.11 Å². The molecule has 0 saturated heterocycles. The molecule has 4 nitrogen and oxygen atoms in total. The van der Waals surface area contributed by atoms with Crippen LogP contribution in [0.5, 0.6) is 0 Å². The molecule has 0 aliphatic carbocycles. The molecule has 0 rings (SSSR count). The molecule has 0 aromatic rings. The normalized spacial score (nSPS) is 7.67. The number of aliphatic hydroxyl groups is 1. The van der Waals surface area contributed by atoms with Crippen LogP contribution in [0.3, 0.4) is 0 Å². The SMILES string of the molecule is [C-]#[O+].[C-]#[O+].[C-]#[O+].[CH2][CH][CH][CH][C@@](C)(O)CCCC.[Fe]. The van der Waals surface area contributed by atoms with Gasteiger partial charge in [0, 0.05) is 17.1 Å². The van der Waals surface area contributed by atoms with Gasteiger partial charge in [-0.1, -0.05) is 19.8 Å². The first kappa shape index (κ1) is 30.6. The standard InChI is InChI=1S/C10H18O.3CO.Fe/c1-4-6-8-10(3,11)9-7-5-2;3*1-2;/h4,6,8,11H,1,5,7,9H2,2-3H3;;;;/t10-;;;;/m1..../s1. The fourth-order valence-electron chi connectivity index (χ4n) is 0.893. The Hall–Kier alpha value is -0.301. The first-order valence-electron chi connectivity index (χ1n) is 4.76. The van der Waals surface area contributed by atoms with E-state index < -0.39 is 5.60 Å². The van der Waals surface area contributed by atoms with E-state index in [2.05, 4.69) is 33.8 Å². The van der Waals surface area contributed by atoms with Crippen molar-refractivity contribution < 1.29 is 36.1 Å². The molecular weight excluding hydrogens is 276 g/mol. The van der Waals surface area contributed by atoms with Gasteiger partial charge in [0.1, 0.15) is 0 Å². The number of hydrogen-bond donors (Lipinski definition) is 1. The third-order valence-electron chi connectivity index (χ3n) is 1.63. The van der Waals surface area contributed by atoms with Crippen LogP contribution in [0.4, 0.5) is 0 Å². The van der Waals surface area contributed by atoms with Crippen molar-refractivity contribution in [2.75, 3.05) is 0 Å². The predicted octanol–water partition coefficient (Wildman–Crippen LogP) is 2.26. The molecule has 0 heterocycles. The molecule has 4 radical (unpaired) electrons. The Balaban J connectivity index is -0.0000000700. The van der Waals surface area contributed by atoms with E-state index in [0.717, 1.165) is 19.3 Å². The summed E-state index contributed by atoms with van der Waals surface area (Å²) >= 11 is 0. The van der Waals surface area contributed by atoms with E-state index >= 15 is 0 Å². The Morgan fingerprint density at radius 3 is 1.83 bits per heavy atom. The number of rotatable bonds is 6. The summed E-state index contributed by atoms with van der Waals surface area (Å²) < 4.78 is 22.5. The minimum Gasteiger partial charge on any atom is -0.390 e. The molecule has 0 bridgehead atoms. The van der Waals surface area contributed by atoms with E-state index in [1.165, 1.54) is 0 Å². The molecule has 1 atom stereocenters. The van der Waals surface area contributed by atoms with Crippen molar-refractivity contribution in [1.82, 2.24) is 0 Å². The van der Waals surface area contributed by atoms with Gasteiger partial charge in [0.15, 0.2) is 0 Å². The molecule has 18 heavy (non-hydrogen) atoms. The summed E-state index contributed by atoms with van der Waals surface area (Å²) in [6.45, 7) is 21.0. The van der Waals surface area contributed by atoms with Crippen molar-refractivity contribution in [3.8, 4) is 0 Å². The second-order valence-electron chi connectivity index (χ2n) is 3.06. The van der Waals surface area contributed by atoms with Crippen molar-refractivity contribution in [3.63, 3.8) is 0 Å². The van der Waals surface area contributed by atoms with E-state index in [0.29, 0.717) is 0 Å². The monoisotopic (exact) mass is 294 g/mol. The average Bonchev–Trinajstić information content (AvgIpc) is 2.41. The van der Waals surface area contributed by atoms with Crippen LogP contribution in [0.15, 0.2) is 0 Å². The molecule has 0 aliphatic heterocycles. The molecule has 102 valence electrons. The van der Waals surface area contributed by atoms with Gasteiger partial charge in [-0.05, 0) is 39.5 Å². The van der Waals surface area contributed by atoms with Crippen LogP contribution >= 0.6 is 0 Å². The van der Waals surface area contributed by atoms with Gasteiger partial charge >= 0.3 is 33.9 Å². The molecular formula is C13H18FeO4. The third kappa shape index (κ3) is 36.1. The largest absolute Gasteiger partial charge is 0.390 e. The van der Waals surface area contributed by atoms with Gasteiger partial charge in [0.05, 0.1) is 5.60 Å². The van der Waals surface area contributed by atoms with Gasteiger partial charge in [0.2, 0.25) is 0 Å². The second-order valence-corrected chi connectivity index (χ2v) is 3.06. The molecule has 0 aromatic heterocycles. The smallest absolute Gasteiger partial charge is 0.0654 e. The molecule has 0 spiro atoms. The quantitative estimate of drug-likeness (QED) is 0.455. The average molecular weight is 294 g/mol. The summed E-state index contributed by atoms with van der Waals surface area (Å²) in [7, 11) is 0. The maximum Gasteiger partial charge on any atom is 0.0654 e. The summed E-state index contributed by atoms with van der Waals surface area (Å²) in [6.07, 6.45) is 8.27. The Morgan fingerprint density at radius 1 is 1.17 bits per heavy atom. The molecule has 0 aliphatic rings. The second kappa shape index (κ2) is 30.1. The summed E-state index contributed by atoms with van der Waals surface area (Å²) in [4.78, 5) is 0. The van der Waals surface area contributed by atoms with Crippen LogP contribution in [0, 0.1) is 46.1 Å². The Labute approximate surface area is 121 Å². The van der Waals surface area contributed by atoms with Gasteiger partial charge in [-0.15, -0.1) is 0 Å². The molecule has 0 fully saturated rings. The molecule has 0 amide bonds. The van der Waals surface area contributed by atoms with Crippen LogP contribution in [0.1, 0.15) is 33.1 Å². The number of hydrogen-bond acceptors (Lipinski definition) is 1. The van der Waals surface area contributed by atoms with Gasteiger partial charge in [-0.3, -0.25) is 0 Å². The van der Waals surface area contributed by atoms with Crippen LogP contribution in [0.2, 0.25) is 0 Å². The maximum atomic E-state index is 9.64. The summed E-state index contributed by atoms with van der Waals surface area (Å²) in [5, 5.41) is 9.64. The van der Waals surface area contributed by atoms with Crippen molar-refractivity contribution >= 4 is 0 Å². The van der Waals surface area contributed by atoms with Crippen molar-refractivity contribution in [3.05, 3.63) is 46.1 Å². The summed E-state index contributed by atoms with van der Waals surface area (Å²) in [5.74, 6) is 0. The summed E-state index contributed by atoms with van der Waals surface area (Å²) in [5.41, 5.74) is -0.649. The van der Waals surface area contributed by atoms with Gasteiger partial charge in [-0.25, -0.2) is 0 Å². The fourth-order valence-corrected chi connectivity index (χ4v) is 0.893. The van der Waals surface area contributed by atoms with Gasteiger partial charge in [-0.2, -0.15) is 0 Å². The molecule has 0 unspecified atom stereocenters. The Bertz CT molecular complexity index is 161. The predicted molar refractivity (Wildman–Crippen MR) is 60.2 cm³/mol. The minimum absolute atomic E-state index is 0. The zero-order valence-corrected chi connectivity index (χ0v) is 11.7. The molecule has 0 aromatic carbocycles. The maximum absolute atomic E-state index is 9.64. The molecule has 0 saturated carbocycles. The van der Waals surface area contributed by atoms with Crippen LogP contribution in [-0.2, 0) is 31.0 Å². The van der Waals surface area contributed by atoms with E-state index in [4.69, 9.17) is 14.0 Å². The van der Waals surface area contributed by atoms with E-state index in [1.54, 1.807) is 19.3 Å². The first-order valence-corrected chi connectivity index (χ1v) is 4.76. The topological polar surface area (TPSA) is 79.9 Å². The minimum atomic E-state index is -0.649. The number of unbranched alkanes of at least 4 members (excludes halogenated alkanes) is 2. The van der Waals surface area contributed by atoms with Crippen molar-refractivity contribution in [2.24, 2.45) is 0 Å². The van der Waals surface area contributed by atoms with E-state index in [1.807, 2.05) is 6.92 Å². The van der Waals surface area contributed by atoms with Crippen molar-refractivity contribution in [1.29, 1.82) is 0 Å². The zero-order valence-electron chi connectivity index (χ0n) is 10.6. The molecule has 5 heteroatoms. The van der Waals surface area contributed by atoms with Gasteiger partial charge < -0.3 is 5.11 Å². The first-order chi connectivity index (χ1) is 8.12. The van der Waals surface area contributed by atoms with Crippen LogP contribution in [-0.4, -0.2) is 10.7 Å². The Morgan fingerprint density at radius 2 is 1.56 bits per heavy atom. The molecule has 1 N–H and O–H groups in total. The fraction of sp³-hybridized carbons (Fsp3) is 0.462. The van der Waals surface area contributed by atoms with E-state index in [-0.39, 0.29) is 17.1 Å².